The second-order valence-corrected chi connectivity index (χ2v) is 7.01. The van der Waals surface area contributed by atoms with E-state index in [4.69, 9.17) is 4.74 Å². The van der Waals surface area contributed by atoms with Crippen molar-refractivity contribution in [2.24, 2.45) is 0 Å². The number of methoxy groups -OCH3 is 1. The Morgan fingerprint density at radius 3 is 2.00 bits per heavy atom. The Morgan fingerprint density at radius 1 is 0.812 bits per heavy atom. The summed E-state index contributed by atoms with van der Waals surface area (Å²) in [5, 5.41) is 5.41. The molecule has 32 heavy (non-hydrogen) atoms. The van der Waals surface area contributed by atoms with Crippen molar-refractivity contribution >= 4 is 23.7 Å². The molecule has 3 rings (SSSR count). The van der Waals surface area contributed by atoms with E-state index in [1.54, 1.807) is 24.3 Å². The van der Waals surface area contributed by atoms with Crippen LogP contribution >= 0.6 is 0 Å². The molecule has 3 aromatic carbocycles. The van der Waals surface area contributed by atoms with Crippen LogP contribution in [0.3, 0.4) is 0 Å². The number of esters is 1. The predicted molar refractivity (Wildman–Crippen MR) is 120 cm³/mol. The van der Waals surface area contributed by atoms with E-state index < -0.39 is 24.0 Å². The summed E-state index contributed by atoms with van der Waals surface area (Å²) in [4.78, 5) is 36.9. The van der Waals surface area contributed by atoms with Crippen molar-refractivity contribution in [1.29, 1.82) is 0 Å². The number of alkyl carbamates (subject to hydrolysis) is 1. The standard InChI is InChI=1S/C25H24N2O5/c1-31-24(29)20-12-14-21(15-13-20)26-23(28)22(16-18-8-4-2-5-9-18)27-25(30)32-17-19-10-6-3-7-11-19/h2-15,22H,16-17H2,1H3,(H,26,28)(H,27,30)/t22-/m0/s1. The summed E-state index contributed by atoms with van der Waals surface area (Å²) in [6, 6.07) is 24.1. The van der Waals surface area contributed by atoms with Crippen LogP contribution in [0.25, 0.3) is 0 Å². The van der Waals surface area contributed by atoms with Crippen molar-refractivity contribution < 1.29 is 23.9 Å². The number of carbonyl (C=O) groups excluding carboxylic acids is 3. The van der Waals surface area contributed by atoms with Crippen molar-refractivity contribution in [3.63, 3.8) is 0 Å². The van der Waals surface area contributed by atoms with Gasteiger partial charge in [0.25, 0.3) is 0 Å². The molecule has 2 N–H and O–H groups in total. The zero-order valence-corrected chi connectivity index (χ0v) is 17.6. The minimum Gasteiger partial charge on any atom is -0.465 e. The average molecular weight is 432 g/mol. The SMILES string of the molecule is COC(=O)c1ccc(NC(=O)[C@H](Cc2ccccc2)NC(=O)OCc2ccccc2)cc1. The molecule has 0 bridgehead atoms. The Bertz CT molecular complexity index is 1040. The van der Waals surface area contributed by atoms with E-state index in [1.165, 1.54) is 7.11 Å². The zero-order valence-electron chi connectivity index (χ0n) is 17.6. The molecular weight excluding hydrogens is 408 g/mol. The fourth-order valence-electron chi connectivity index (χ4n) is 3.00. The van der Waals surface area contributed by atoms with E-state index in [0.717, 1.165) is 11.1 Å². The van der Waals surface area contributed by atoms with Crippen LogP contribution in [-0.4, -0.2) is 31.1 Å². The second kappa shape index (κ2) is 11.3. The summed E-state index contributed by atoms with van der Waals surface area (Å²) < 4.78 is 9.94. The summed E-state index contributed by atoms with van der Waals surface area (Å²) in [6.07, 6.45) is -0.404. The van der Waals surface area contributed by atoms with Gasteiger partial charge >= 0.3 is 12.1 Å². The Morgan fingerprint density at radius 2 is 1.41 bits per heavy atom. The lowest BCUT2D eigenvalue weighted by Crippen LogP contribution is -2.45. The first-order valence-electron chi connectivity index (χ1n) is 10.1. The first kappa shape index (κ1) is 22.6. The second-order valence-electron chi connectivity index (χ2n) is 7.01. The van der Waals surface area contributed by atoms with Crippen molar-refractivity contribution in [2.45, 2.75) is 19.1 Å². The lowest BCUT2D eigenvalue weighted by molar-refractivity contribution is -0.118. The summed E-state index contributed by atoms with van der Waals surface area (Å²) in [6.45, 7) is 0.0986. The molecule has 0 aliphatic rings. The number of hydrogen-bond donors (Lipinski definition) is 2. The molecule has 7 nitrogen and oxygen atoms in total. The first-order valence-corrected chi connectivity index (χ1v) is 10.1. The zero-order chi connectivity index (χ0) is 22.8. The molecule has 0 saturated heterocycles. The molecule has 0 saturated carbocycles. The van der Waals surface area contributed by atoms with E-state index in [0.29, 0.717) is 11.3 Å². The molecule has 0 aromatic heterocycles. The number of benzene rings is 3. The molecule has 0 spiro atoms. The van der Waals surface area contributed by atoms with Gasteiger partial charge in [0.15, 0.2) is 0 Å². The van der Waals surface area contributed by atoms with Crippen LogP contribution in [0, 0.1) is 0 Å². The number of rotatable bonds is 8. The van der Waals surface area contributed by atoms with Gasteiger partial charge in [0.1, 0.15) is 12.6 Å². The number of hydrogen-bond acceptors (Lipinski definition) is 5. The van der Waals surface area contributed by atoms with Gasteiger partial charge in [0.05, 0.1) is 12.7 Å². The maximum Gasteiger partial charge on any atom is 0.408 e. The molecule has 2 amide bonds. The maximum atomic E-state index is 12.9. The minimum atomic E-state index is -0.860. The lowest BCUT2D eigenvalue weighted by atomic mass is 10.1. The van der Waals surface area contributed by atoms with Crippen LogP contribution in [0.2, 0.25) is 0 Å². The first-order chi connectivity index (χ1) is 15.5. The highest BCUT2D eigenvalue weighted by Gasteiger charge is 2.22. The van der Waals surface area contributed by atoms with Gasteiger partial charge < -0.3 is 20.1 Å². The van der Waals surface area contributed by atoms with Crippen molar-refractivity contribution in [1.82, 2.24) is 5.32 Å². The van der Waals surface area contributed by atoms with Crippen LogP contribution in [0.15, 0.2) is 84.9 Å². The van der Waals surface area contributed by atoms with Crippen LogP contribution in [0.5, 0.6) is 0 Å². The number of nitrogens with one attached hydrogen (secondary N) is 2. The highest BCUT2D eigenvalue weighted by Crippen LogP contribution is 2.12. The topological polar surface area (TPSA) is 93.7 Å². The fourth-order valence-corrected chi connectivity index (χ4v) is 3.00. The highest BCUT2D eigenvalue weighted by molar-refractivity contribution is 5.97. The fraction of sp³-hybridized carbons (Fsp3) is 0.160. The third kappa shape index (κ3) is 6.70. The number of ether oxygens (including phenoxy) is 2. The van der Waals surface area contributed by atoms with E-state index in [-0.39, 0.29) is 13.0 Å². The molecule has 0 aliphatic heterocycles. The third-order valence-electron chi connectivity index (χ3n) is 4.68. The Hall–Kier alpha value is -4.13. The number of anilines is 1. The highest BCUT2D eigenvalue weighted by atomic mass is 16.5. The number of amides is 2. The monoisotopic (exact) mass is 432 g/mol. The van der Waals surface area contributed by atoms with E-state index >= 15 is 0 Å². The van der Waals surface area contributed by atoms with Crippen LogP contribution in [-0.2, 0) is 27.3 Å². The van der Waals surface area contributed by atoms with Crippen LogP contribution < -0.4 is 10.6 Å². The van der Waals surface area contributed by atoms with Gasteiger partial charge in [-0.25, -0.2) is 9.59 Å². The summed E-state index contributed by atoms with van der Waals surface area (Å²) in [7, 11) is 1.30. The quantitative estimate of drug-likeness (QED) is 0.526. The van der Waals surface area contributed by atoms with Gasteiger partial charge in [-0.1, -0.05) is 60.7 Å². The summed E-state index contributed by atoms with van der Waals surface area (Å²) in [5.74, 6) is -0.871. The van der Waals surface area contributed by atoms with E-state index in [1.807, 2.05) is 60.7 Å². The third-order valence-corrected chi connectivity index (χ3v) is 4.68. The molecule has 0 radical (unpaired) electrons. The molecule has 3 aromatic rings. The number of carbonyl (C=O) groups is 3. The lowest BCUT2D eigenvalue weighted by Gasteiger charge is -2.19. The molecular formula is C25H24N2O5. The molecule has 1 atom stereocenters. The largest absolute Gasteiger partial charge is 0.465 e. The van der Waals surface area contributed by atoms with Crippen LogP contribution in [0.4, 0.5) is 10.5 Å². The van der Waals surface area contributed by atoms with Crippen molar-refractivity contribution in [3.05, 3.63) is 102 Å². The van der Waals surface area contributed by atoms with Gasteiger partial charge in [-0.15, -0.1) is 0 Å². The average Bonchev–Trinajstić information content (AvgIpc) is 2.83. The molecule has 0 heterocycles. The van der Waals surface area contributed by atoms with Gasteiger partial charge in [-0.2, -0.15) is 0 Å². The van der Waals surface area contributed by atoms with Gasteiger partial charge in [0, 0.05) is 12.1 Å². The molecule has 7 heteroatoms. The minimum absolute atomic E-state index is 0.0986. The van der Waals surface area contributed by atoms with Gasteiger partial charge in [-0.3, -0.25) is 4.79 Å². The predicted octanol–water partition coefficient (Wildman–Crippen LogP) is 3.95. The molecule has 0 fully saturated rings. The molecule has 164 valence electrons. The van der Waals surface area contributed by atoms with Gasteiger partial charge in [0.2, 0.25) is 5.91 Å². The summed E-state index contributed by atoms with van der Waals surface area (Å²) >= 11 is 0. The van der Waals surface area contributed by atoms with Gasteiger partial charge in [-0.05, 0) is 35.4 Å². The van der Waals surface area contributed by atoms with Crippen molar-refractivity contribution in [2.75, 3.05) is 12.4 Å². The van der Waals surface area contributed by atoms with Crippen LogP contribution in [0.1, 0.15) is 21.5 Å². The Labute approximate surface area is 186 Å². The van der Waals surface area contributed by atoms with Crippen molar-refractivity contribution in [3.8, 4) is 0 Å². The Balaban J connectivity index is 1.66. The maximum absolute atomic E-state index is 12.9. The van der Waals surface area contributed by atoms with E-state index in [2.05, 4.69) is 15.4 Å². The smallest absolute Gasteiger partial charge is 0.408 e. The Kier molecular flexibility index (Phi) is 7.97. The molecule has 0 aliphatic carbocycles. The van der Waals surface area contributed by atoms with E-state index in [9.17, 15) is 14.4 Å². The normalized spacial score (nSPS) is 11.2. The molecule has 0 unspecified atom stereocenters. The summed E-state index contributed by atoms with van der Waals surface area (Å²) in [5.41, 5.74) is 2.59.